The van der Waals surface area contributed by atoms with Crippen molar-refractivity contribution in [2.45, 2.75) is 27.2 Å². The van der Waals surface area contributed by atoms with E-state index in [-0.39, 0.29) is 0 Å². The van der Waals surface area contributed by atoms with Crippen LogP contribution in [-0.4, -0.2) is 14.0 Å². The van der Waals surface area contributed by atoms with E-state index in [0.717, 1.165) is 17.6 Å². The molecule has 0 aliphatic heterocycles. The lowest BCUT2D eigenvalue weighted by molar-refractivity contribution is 0.952. The highest BCUT2D eigenvalue weighted by molar-refractivity contribution is 6.10. The molecule has 3 heterocycles. The number of hydrogen-bond donors (Lipinski definition) is 0. The van der Waals surface area contributed by atoms with Gasteiger partial charge in [0.25, 0.3) is 0 Å². The van der Waals surface area contributed by atoms with Crippen molar-refractivity contribution in [3.8, 4) is 0 Å². The van der Waals surface area contributed by atoms with E-state index in [9.17, 15) is 0 Å². The largest absolute Gasteiger partial charge is 0.342 e. The van der Waals surface area contributed by atoms with Gasteiger partial charge in [0.05, 0.1) is 16.6 Å². The van der Waals surface area contributed by atoms with Crippen molar-refractivity contribution in [1.82, 2.24) is 14.0 Å². The van der Waals surface area contributed by atoms with Gasteiger partial charge in [0, 0.05) is 29.0 Å². The van der Waals surface area contributed by atoms with Crippen LogP contribution in [0, 0.1) is 13.8 Å². The molecule has 0 spiro atoms. The summed E-state index contributed by atoms with van der Waals surface area (Å²) in [6.07, 6.45) is 0.969. The molecular weight excluding hydrogens is 306 g/mol. The molecule has 0 bridgehead atoms. The molecule has 0 saturated carbocycles. The van der Waals surface area contributed by atoms with Crippen LogP contribution in [0.5, 0.6) is 0 Å². The van der Waals surface area contributed by atoms with Gasteiger partial charge in [-0.1, -0.05) is 25.1 Å². The second-order valence-corrected chi connectivity index (χ2v) is 7.01. The smallest absolute Gasteiger partial charge is 0.138 e. The summed E-state index contributed by atoms with van der Waals surface area (Å²) in [5.41, 5.74) is 9.86. The van der Waals surface area contributed by atoms with Crippen molar-refractivity contribution < 1.29 is 0 Å². The highest BCUT2D eigenvalue weighted by Gasteiger charge is 2.17. The normalized spacial score (nSPS) is 12.2. The lowest BCUT2D eigenvalue weighted by Crippen LogP contribution is -2.00. The zero-order valence-corrected chi connectivity index (χ0v) is 15.1. The summed E-state index contributed by atoms with van der Waals surface area (Å²) >= 11 is 0. The maximum atomic E-state index is 4.95. The fraction of sp³-hybridized carbons (Fsp3) is 0.227. The molecular formula is C22H21N3. The first-order valence-corrected chi connectivity index (χ1v) is 8.88. The number of imidazole rings is 1. The second-order valence-electron chi connectivity index (χ2n) is 7.01. The van der Waals surface area contributed by atoms with Gasteiger partial charge in [-0.3, -0.25) is 4.40 Å². The molecule has 0 aliphatic rings. The molecule has 0 N–H and O–H groups in total. The first kappa shape index (κ1) is 14.5. The molecule has 124 valence electrons. The molecule has 2 aromatic carbocycles. The Morgan fingerprint density at radius 1 is 0.920 bits per heavy atom. The number of benzene rings is 2. The minimum Gasteiger partial charge on any atom is -0.342 e. The zero-order valence-electron chi connectivity index (χ0n) is 15.1. The summed E-state index contributed by atoms with van der Waals surface area (Å²) in [4.78, 5) is 4.95. The summed E-state index contributed by atoms with van der Waals surface area (Å²) in [6, 6.07) is 15.4. The number of fused-ring (bicyclic) bond motifs is 6. The van der Waals surface area contributed by atoms with Crippen LogP contribution in [-0.2, 0) is 13.5 Å². The van der Waals surface area contributed by atoms with Crippen molar-refractivity contribution >= 4 is 38.5 Å². The van der Waals surface area contributed by atoms with Crippen molar-refractivity contribution in [2.24, 2.45) is 7.05 Å². The minimum atomic E-state index is 0.969. The standard InChI is InChI=1S/C22H21N3/c1-5-18-22-16(15-8-6-7-9-19(15)24(22)4)12-21-23-17-10-13(2)14(3)11-20(17)25(18)21/h6-12H,5H2,1-4H3. The van der Waals surface area contributed by atoms with Gasteiger partial charge in [-0.2, -0.15) is 0 Å². The van der Waals surface area contributed by atoms with Gasteiger partial charge in [0.2, 0.25) is 0 Å². The van der Waals surface area contributed by atoms with Gasteiger partial charge in [0.1, 0.15) is 5.65 Å². The van der Waals surface area contributed by atoms with E-state index in [1.54, 1.807) is 0 Å². The maximum Gasteiger partial charge on any atom is 0.138 e. The molecule has 0 saturated heterocycles. The highest BCUT2D eigenvalue weighted by atomic mass is 15.0. The SMILES string of the molecule is CCc1c2c(cc3nc4cc(C)c(C)cc4n13)c1ccccc1n2C. The Kier molecular flexibility index (Phi) is 2.82. The predicted octanol–water partition coefficient (Wildman–Crippen LogP) is 5.31. The molecule has 0 aliphatic carbocycles. The zero-order chi connectivity index (χ0) is 17.3. The molecule has 0 atom stereocenters. The van der Waals surface area contributed by atoms with E-state index < -0.39 is 0 Å². The Morgan fingerprint density at radius 3 is 2.48 bits per heavy atom. The summed E-state index contributed by atoms with van der Waals surface area (Å²) < 4.78 is 4.68. The first-order chi connectivity index (χ1) is 12.1. The van der Waals surface area contributed by atoms with Gasteiger partial charge < -0.3 is 4.57 Å². The van der Waals surface area contributed by atoms with Gasteiger partial charge in [0.15, 0.2) is 0 Å². The average molecular weight is 327 g/mol. The van der Waals surface area contributed by atoms with Crippen LogP contribution in [0.25, 0.3) is 38.5 Å². The number of hydrogen-bond acceptors (Lipinski definition) is 1. The van der Waals surface area contributed by atoms with E-state index in [0.29, 0.717) is 0 Å². The lowest BCUT2D eigenvalue weighted by Gasteiger charge is -2.09. The first-order valence-electron chi connectivity index (χ1n) is 8.88. The maximum absolute atomic E-state index is 4.95. The molecule has 0 fully saturated rings. The van der Waals surface area contributed by atoms with Crippen molar-refractivity contribution in [3.63, 3.8) is 0 Å². The number of aryl methyl sites for hydroxylation is 4. The Balaban J connectivity index is 2.09. The minimum absolute atomic E-state index is 0.969. The summed E-state index contributed by atoms with van der Waals surface area (Å²) in [5.74, 6) is 0. The van der Waals surface area contributed by atoms with E-state index in [1.165, 1.54) is 44.1 Å². The third-order valence-electron chi connectivity index (χ3n) is 5.59. The monoisotopic (exact) mass is 327 g/mol. The predicted molar refractivity (Wildman–Crippen MR) is 106 cm³/mol. The van der Waals surface area contributed by atoms with Crippen LogP contribution in [0.4, 0.5) is 0 Å². The van der Waals surface area contributed by atoms with E-state index >= 15 is 0 Å². The third-order valence-corrected chi connectivity index (χ3v) is 5.59. The molecule has 0 unspecified atom stereocenters. The summed E-state index contributed by atoms with van der Waals surface area (Å²) in [7, 11) is 2.17. The van der Waals surface area contributed by atoms with E-state index in [1.807, 2.05) is 0 Å². The quantitative estimate of drug-likeness (QED) is 0.409. The fourth-order valence-electron chi connectivity index (χ4n) is 4.21. The van der Waals surface area contributed by atoms with Crippen molar-refractivity contribution in [1.29, 1.82) is 0 Å². The summed E-state index contributed by atoms with van der Waals surface area (Å²) in [6.45, 7) is 6.57. The summed E-state index contributed by atoms with van der Waals surface area (Å²) in [5, 5.41) is 2.60. The number of pyridine rings is 1. The molecule has 5 rings (SSSR count). The van der Waals surface area contributed by atoms with E-state index in [2.05, 4.69) is 79.3 Å². The van der Waals surface area contributed by atoms with Crippen LogP contribution < -0.4 is 0 Å². The molecule has 0 radical (unpaired) electrons. The molecule has 0 amide bonds. The third kappa shape index (κ3) is 1.78. The number of para-hydroxylation sites is 1. The number of nitrogens with zero attached hydrogens (tertiary/aromatic N) is 3. The Hall–Kier alpha value is -2.81. The van der Waals surface area contributed by atoms with Gasteiger partial charge in [-0.25, -0.2) is 4.98 Å². The Bertz CT molecular complexity index is 1300. The highest BCUT2D eigenvalue weighted by Crippen LogP contribution is 2.34. The Labute approximate surface area is 146 Å². The topological polar surface area (TPSA) is 22.2 Å². The number of rotatable bonds is 1. The van der Waals surface area contributed by atoms with E-state index in [4.69, 9.17) is 4.98 Å². The Morgan fingerprint density at radius 2 is 1.68 bits per heavy atom. The van der Waals surface area contributed by atoms with Crippen LogP contribution in [0.3, 0.4) is 0 Å². The number of aromatic nitrogens is 3. The molecule has 3 aromatic heterocycles. The molecule has 3 nitrogen and oxygen atoms in total. The second kappa shape index (κ2) is 4.85. The van der Waals surface area contributed by atoms with Crippen LogP contribution >= 0.6 is 0 Å². The van der Waals surface area contributed by atoms with Gasteiger partial charge in [-0.05, 0) is 55.7 Å². The van der Waals surface area contributed by atoms with Crippen molar-refractivity contribution in [2.75, 3.05) is 0 Å². The van der Waals surface area contributed by atoms with Crippen molar-refractivity contribution in [3.05, 3.63) is 59.3 Å². The molecule has 25 heavy (non-hydrogen) atoms. The van der Waals surface area contributed by atoms with Crippen LogP contribution in [0.2, 0.25) is 0 Å². The average Bonchev–Trinajstić information content (AvgIpc) is 3.10. The lowest BCUT2D eigenvalue weighted by atomic mass is 10.1. The van der Waals surface area contributed by atoms with Gasteiger partial charge >= 0.3 is 0 Å². The van der Waals surface area contributed by atoms with Crippen LogP contribution in [0.1, 0.15) is 23.7 Å². The molecule has 3 heteroatoms. The molecule has 5 aromatic rings. The fourth-order valence-corrected chi connectivity index (χ4v) is 4.21. The van der Waals surface area contributed by atoms with Crippen LogP contribution in [0.15, 0.2) is 42.5 Å². The van der Waals surface area contributed by atoms with Gasteiger partial charge in [-0.15, -0.1) is 0 Å².